The third kappa shape index (κ3) is 2.92. The molecule has 0 bridgehead atoms. The second-order valence-corrected chi connectivity index (χ2v) is 7.07. The van der Waals surface area contributed by atoms with Gasteiger partial charge in [-0.05, 0) is 24.3 Å². The number of nitrogens with zero attached hydrogens (tertiary/aromatic N) is 2. The lowest BCUT2D eigenvalue weighted by Crippen LogP contribution is -2.14. The van der Waals surface area contributed by atoms with Crippen molar-refractivity contribution >= 4 is 43.9 Å². The van der Waals surface area contributed by atoms with E-state index < -0.39 is 27.3 Å². The van der Waals surface area contributed by atoms with E-state index in [-0.39, 0.29) is 15.7 Å². The maximum absolute atomic E-state index is 12.7. The summed E-state index contributed by atoms with van der Waals surface area (Å²) in [6.07, 6.45) is -4.02. The van der Waals surface area contributed by atoms with Crippen LogP contribution in [-0.2, 0) is 16.9 Å². The zero-order valence-electron chi connectivity index (χ0n) is 11.4. The first-order chi connectivity index (χ1) is 11.2. The maximum Gasteiger partial charge on any atom is 0.417 e. The van der Waals surface area contributed by atoms with E-state index in [1.54, 1.807) is 0 Å². The van der Waals surface area contributed by atoms with Crippen molar-refractivity contribution in [1.82, 2.24) is 9.55 Å². The van der Waals surface area contributed by atoms with Crippen LogP contribution in [0.25, 0.3) is 16.0 Å². The third-order valence-electron chi connectivity index (χ3n) is 3.14. The van der Waals surface area contributed by atoms with Crippen molar-refractivity contribution in [2.75, 3.05) is 0 Å². The molecule has 0 aliphatic rings. The van der Waals surface area contributed by atoms with Crippen molar-refractivity contribution in [3.05, 3.63) is 50.7 Å². The molecule has 3 rings (SSSR count). The van der Waals surface area contributed by atoms with Crippen LogP contribution in [0.5, 0.6) is 0 Å². The highest BCUT2D eigenvalue weighted by atomic mass is 35.5. The SMILES string of the molecule is O=c1sc2cc([SH](=O)=O)ccc2n1-c1ncc(C(F)(F)F)cc1Cl. The number of thiazole rings is 1. The molecule has 0 atom stereocenters. The van der Waals surface area contributed by atoms with E-state index in [0.29, 0.717) is 22.5 Å². The molecular formula is C13H6ClF3N2O3S2. The Bertz CT molecular complexity index is 1080. The number of aromatic nitrogens is 2. The van der Waals surface area contributed by atoms with Crippen molar-refractivity contribution in [3.8, 4) is 5.82 Å². The van der Waals surface area contributed by atoms with E-state index in [1.807, 2.05) is 0 Å². The number of pyridine rings is 1. The summed E-state index contributed by atoms with van der Waals surface area (Å²) in [6.45, 7) is 0. The smallest absolute Gasteiger partial charge is 0.256 e. The zero-order valence-corrected chi connectivity index (χ0v) is 13.8. The van der Waals surface area contributed by atoms with E-state index in [4.69, 9.17) is 11.6 Å². The molecule has 0 fully saturated rings. The van der Waals surface area contributed by atoms with Crippen LogP contribution in [0, 0.1) is 0 Å². The molecule has 126 valence electrons. The second-order valence-electron chi connectivity index (χ2n) is 4.64. The Morgan fingerprint density at radius 2 is 1.92 bits per heavy atom. The first kappa shape index (κ1) is 16.9. The van der Waals surface area contributed by atoms with Crippen LogP contribution in [0.3, 0.4) is 0 Å². The minimum Gasteiger partial charge on any atom is -0.256 e. The van der Waals surface area contributed by atoms with Crippen molar-refractivity contribution in [2.45, 2.75) is 11.1 Å². The molecule has 2 aromatic heterocycles. The number of halogens is 4. The second kappa shape index (κ2) is 5.87. The standard InChI is InChI=1S/C13H6ClF3N2O3S2/c14-8-3-6(13(15,16)17)5-18-11(8)19-9-2-1-7(24(21)22)4-10(9)23-12(19)20/h1-5,24H. The minimum atomic E-state index is -4.61. The molecule has 0 N–H and O–H groups in total. The summed E-state index contributed by atoms with van der Waals surface area (Å²) in [7, 11) is -2.82. The topological polar surface area (TPSA) is 69.0 Å². The number of hydrogen-bond acceptors (Lipinski definition) is 5. The number of alkyl halides is 3. The lowest BCUT2D eigenvalue weighted by Gasteiger charge is -2.09. The summed E-state index contributed by atoms with van der Waals surface area (Å²) in [4.78, 5) is 15.3. The molecule has 1 aromatic carbocycles. The molecular weight excluding hydrogens is 389 g/mol. The van der Waals surface area contributed by atoms with Gasteiger partial charge < -0.3 is 0 Å². The fourth-order valence-corrected chi connectivity index (χ4v) is 3.75. The largest absolute Gasteiger partial charge is 0.417 e. The average Bonchev–Trinajstić information content (AvgIpc) is 2.81. The Balaban J connectivity index is 2.23. The van der Waals surface area contributed by atoms with Gasteiger partial charge in [0.05, 0.1) is 25.7 Å². The Labute approximate surface area is 142 Å². The molecule has 2 heterocycles. The zero-order chi connectivity index (χ0) is 17.6. The number of fused-ring (bicyclic) bond motifs is 1. The summed E-state index contributed by atoms with van der Waals surface area (Å²) in [5.41, 5.74) is -0.728. The van der Waals surface area contributed by atoms with Crippen LogP contribution >= 0.6 is 22.9 Å². The van der Waals surface area contributed by atoms with E-state index in [2.05, 4.69) is 4.98 Å². The third-order valence-corrected chi connectivity index (χ3v) is 5.02. The molecule has 0 saturated carbocycles. The molecule has 24 heavy (non-hydrogen) atoms. The van der Waals surface area contributed by atoms with Crippen LogP contribution in [0.4, 0.5) is 13.2 Å². The van der Waals surface area contributed by atoms with Crippen LogP contribution in [0.1, 0.15) is 5.56 Å². The first-order valence-corrected chi connectivity index (χ1v) is 8.59. The molecule has 5 nitrogen and oxygen atoms in total. The minimum absolute atomic E-state index is 0.0253. The molecule has 0 radical (unpaired) electrons. The fourth-order valence-electron chi connectivity index (χ4n) is 2.07. The van der Waals surface area contributed by atoms with Gasteiger partial charge in [0, 0.05) is 6.20 Å². The number of benzene rings is 1. The molecule has 0 spiro atoms. The van der Waals surface area contributed by atoms with Crippen molar-refractivity contribution < 1.29 is 21.6 Å². The van der Waals surface area contributed by atoms with Crippen molar-refractivity contribution in [2.24, 2.45) is 0 Å². The van der Waals surface area contributed by atoms with E-state index in [9.17, 15) is 26.4 Å². The van der Waals surface area contributed by atoms with Gasteiger partial charge in [-0.3, -0.25) is 4.79 Å². The van der Waals surface area contributed by atoms with Gasteiger partial charge in [-0.25, -0.2) is 18.0 Å². The summed E-state index contributed by atoms with van der Waals surface area (Å²) >= 11 is 6.61. The lowest BCUT2D eigenvalue weighted by atomic mass is 10.2. The number of thiol groups is 1. The summed E-state index contributed by atoms with van der Waals surface area (Å²) in [6, 6.07) is 4.66. The number of rotatable bonds is 2. The monoisotopic (exact) mass is 394 g/mol. The lowest BCUT2D eigenvalue weighted by molar-refractivity contribution is -0.137. The predicted octanol–water partition coefficient (Wildman–Crippen LogP) is 3.09. The van der Waals surface area contributed by atoms with E-state index >= 15 is 0 Å². The molecule has 0 unspecified atom stereocenters. The highest BCUT2D eigenvalue weighted by molar-refractivity contribution is 7.72. The van der Waals surface area contributed by atoms with Gasteiger partial charge in [0.2, 0.25) is 0 Å². The van der Waals surface area contributed by atoms with E-state index in [0.717, 1.165) is 15.9 Å². The highest BCUT2D eigenvalue weighted by Crippen LogP contribution is 2.32. The summed E-state index contributed by atoms with van der Waals surface area (Å²) < 4.78 is 61.4. The van der Waals surface area contributed by atoms with Gasteiger partial charge >= 0.3 is 11.0 Å². The van der Waals surface area contributed by atoms with Gasteiger partial charge in [-0.1, -0.05) is 22.9 Å². The average molecular weight is 395 g/mol. The molecule has 3 aromatic rings. The van der Waals surface area contributed by atoms with Gasteiger partial charge in [0.1, 0.15) is 0 Å². The molecule has 11 heteroatoms. The van der Waals surface area contributed by atoms with Gasteiger partial charge in [-0.2, -0.15) is 13.2 Å². The maximum atomic E-state index is 12.7. The Hall–Kier alpha value is -1.91. The molecule has 0 saturated heterocycles. The molecule has 0 amide bonds. The van der Waals surface area contributed by atoms with Gasteiger partial charge in [0.25, 0.3) is 0 Å². The van der Waals surface area contributed by atoms with Gasteiger partial charge in [-0.15, -0.1) is 0 Å². The number of hydrogen-bond donors (Lipinski definition) is 1. The van der Waals surface area contributed by atoms with Crippen LogP contribution < -0.4 is 4.87 Å². The van der Waals surface area contributed by atoms with Crippen LogP contribution in [0.2, 0.25) is 5.02 Å². The fraction of sp³-hybridized carbons (Fsp3) is 0.0769. The molecule has 0 aliphatic carbocycles. The first-order valence-electron chi connectivity index (χ1n) is 6.21. The quantitative estimate of drug-likeness (QED) is 0.678. The highest BCUT2D eigenvalue weighted by Gasteiger charge is 2.32. The van der Waals surface area contributed by atoms with Crippen LogP contribution in [0.15, 0.2) is 40.2 Å². The Morgan fingerprint density at radius 3 is 2.50 bits per heavy atom. The van der Waals surface area contributed by atoms with Crippen molar-refractivity contribution in [1.29, 1.82) is 0 Å². The van der Waals surface area contributed by atoms with Gasteiger partial charge in [0.15, 0.2) is 16.5 Å². The predicted molar refractivity (Wildman–Crippen MR) is 83.8 cm³/mol. The summed E-state index contributed by atoms with van der Waals surface area (Å²) in [5, 5.41) is -0.342. The molecule has 0 aliphatic heterocycles. The summed E-state index contributed by atoms with van der Waals surface area (Å²) in [5.74, 6) is -0.153. The normalized spacial score (nSPS) is 12.2. The van der Waals surface area contributed by atoms with Crippen molar-refractivity contribution in [3.63, 3.8) is 0 Å². The van der Waals surface area contributed by atoms with Crippen LogP contribution in [-0.4, -0.2) is 18.0 Å². The van der Waals surface area contributed by atoms with E-state index in [1.165, 1.54) is 18.2 Å². The Kier molecular flexibility index (Phi) is 4.14. The Morgan fingerprint density at radius 1 is 1.21 bits per heavy atom.